The van der Waals surface area contributed by atoms with E-state index < -0.39 is 153 Å². The van der Waals surface area contributed by atoms with Gasteiger partial charge in [-0.1, -0.05) is 13.8 Å². The van der Waals surface area contributed by atoms with Gasteiger partial charge >= 0.3 is 11.9 Å². The molecule has 3 aromatic rings. The molecule has 3 aromatic heterocycles. The highest BCUT2D eigenvalue weighted by Gasteiger charge is 2.53. The van der Waals surface area contributed by atoms with Crippen LogP contribution in [0.5, 0.6) is 0 Å². The fourth-order valence-corrected chi connectivity index (χ4v) is 11.7. The summed E-state index contributed by atoms with van der Waals surface area (Å²) < 4.78 is 23.6. The highest BCUT2D eigenvalue weighted by atomic mass is 16.7. The topological polar surface area (TPSA) is 467 Å². The molecule has 4 aliphatic heterocycles. The number of allylic oxidation sites excluding steroid dienone is 1. The monoisotopic (exact) mass is 1150 g/mol. The third-order valence-corrected chi connectivity index (χ3v) is 16.8. The number of aromatic amines is 2. The average Bonchev–Trinajstić information content (AvgIpc) is 3.70. The fourth-order valence-electron chi connectivity index (χ4n) is 11.7. The van der Waals surface area contributed by atoms with Gasteiger partial charge in [0.05, 0.1) is 47.8 Å². The van der Waals surface area contributed by atoms with Gasteiger partial charge in [-0.15, -0.1) is 0 Å². The van der Waals surface area contributed by atoms with Crippen molar-refractivity contribution < 1.29 is 89.2 Å². The summed E-state index contributed by atoms with van der Waals surface area (Å²) in [7, 11) is 0. The van der Waals surface area contributed by atoms with Crippen molar-refractivity contribution in [2.75, 3.05) is 19.7 Å². The number of carboxylic acids is 2. The van der Waals surface area contributed by atoms with Crippen LogP contribution in [0.2, 0.25) is 0 Å². The number of nitrogens with one attached hydrogen (secondary N) is 4. The number of H-pyrrole nitrogens is 2. The maximum absolute atomic E-state index is 14.0. The van der Waals surface area contributed by atoms with Crippen LogP contribution < -0.4 is 27.8 Å². The molecule has 2 saturated heterocycles. The van der Waals surface area contributed by atoms with Gasteiger partial charge in [0.1, 0.15) is 67.1 Å². The number of carbonyl (C=O) groups is 4. The van der Waals surface area contributed by atoms with Gasteiger partial charge in [0.2, 0.25) is 11.8 Å². The second-order valence-corrected chi connectivity index (χ2v) is 22.0. The van der Waals surface area contributed by atoms with E-state index >= 15 is 0 Å². The van der Waals surface area contributed by atoms with Crippen LogP contribution in [0, 0.1) is 20.8 Å². The number of aromatic nitrogens is 4. The quantitative estimate of drug-likeness (QED) is 0.0646. The van der Waals surface area contributed by atoms with Gasteiger partial charge in [0, 0.05) is 64.2 Å². The van der Waals surface area contributed by atoms with Crippen LogP contribution in [0.4, 0.5) is 0 Å². The van der Waals surface area contributed by atoms with Crippen molar-refractivity contribution in [3.63, 3.8) is 0 Å². The number of nitrogens with two attached hydrogens (primary N) is 3. The molecule has 27 heteroatoms. The van der Waals surface area contributed by atoms with E-state index in [4.69, 9.17) is 46.1 Å². The molecule has 0 radical (unpaired) electrons. The predicted molar refractivity (Wildman–Crippen MR) is 292 cm³/mol. The zero-order valence-corrected chi connectivity index (χ0v) is 46.4. The number of fused-ring (bicyclic) bond motifs is 8. The molecule has 7 heterocycles. The van der Waals surface area contributed by atoms with Crippen LogP contribution in [-0.2, 0) is 51.0 Å². The molecule has 27 nitrogen and oxygen atoms in total. The van der Waals surface area contributed by atoms with Crippen molar-refractivity contribution in [1.29, 1.82) is 0 Å². The standard InChI is InChI=1S/C55H77N9O18/c1-7-24-21(4)30-14-28-19(2)20(3)29(60-28)15-31-22(5)25(42(62-31)26(12-39(68)69)43-40(53(77)78)23(6)32(63-43)16-33(24)61-30)8-9-38(67)59-17-36-45(71)47(73)48(74)55(79-36)81-50-27(57)13-34(64-52(76)35(66)10-11-56)51(49(50)75)82-54-46(72)41(58)44(70)37(18-65)80-54/h14-16,22,25,27,34-37,41,44-51,54-55,60-61,65-66,70-75H,7-13,17-18,56-58H2,1-6H3,(H,59,67)(H,64,76)(H,68,69)(H,77,78)/t22-,25-,27?,34?,35+,36?,37?,41?,44?,45?,46?,47?,48?,49?,50?,51?,54?,55?/m0/s1. The lowest BCUT2D eigenvalue weighted by Gasteiger charge is -2.49. The second kappa shape index (κ2) is 25.6. The molecule has 20 N–H and O–H groups in total. The summed E-state index contributed by atoms with van der Waals surface area (Å²) in [6.45, 7) is 10.2. The maximum atomic E-state index is 14.0. The lowest BCUT2D eigenvalue weighted by Crippen LogP contribution is -2.69. The molecule has 82 heavy (non-hydrogen) atoms. The van der Waals surface area contributed by atoms with E-state index in [0.717, 1.165) is 38.8 Å². The molecule has 2 amide bonds. The average molecular weight is 1150 g/mol. The number of aliphatic hydroxyl groups is 8. The number of aliphatic carboxylic acids is 2. The Morgan fingerprint density at radius 3 is 2.07 bits per heavy atom. The molecule has 5 aliphatic rings. The number of amides is 2. The number of carboxylic acid groups (broad SMARTS) is 2. The van der Waals surface area contributed by atoms with Crippen LogP contribution in [0.3, 0.4) is 0 Å². The Kier molecular flexibility index (Phi) is 19.4. The minimum absolute atomic E-state index is 0.0462. The van der Waals surface area contributed by atoms with E-state index in [-0.39, 0.29) is 54.8 Å². The van der Waals surface area contributed by atoms with Crippen molar-refractivity contribution in [3.8, 4) is 0 Å². The van der Waals surface area contributed by atoms with Crippen molar-refractivity contribution in [2.45, 2.75) is 190 Å². The zero-order chi connectivity index (χ0) is 59.9. The number of carbonyl (C=O) groups excluding carboxylic acids is 2. The number of hydrogen-bond donors (Lipinski definition) is 17. The lowest BCUT2D eigenvalue weighted by molar-refractivity contribution is -0.333. The molecule has 0 spiro atoms. The van der Waals surface area contributed by atoms with Crippen LogP contribution in [0.15, 0.2) is 18.2 Å². The molecule has 0 aromatic carbocycles. The van der Waals surface area contributed by atoms with Gasteiger partial charge in [0.25, 0.3) is 0 Å². The van der Waals surface area contributed by atoms with Crippen LogP contribution in [0.1, 0.15) is 109 Å². The molecule has 18 atom stereocenters. The SMILES string of the molecule is CCc1c(C)c2cc3[nH]c(cc4nc(c(CC(=O)O)c5nc(cc1[nH]2)C(C)=C5C(=O)O)[C@@H](CCC(=O)NCC1OC(OC2C(N)CC(NC(=O)[C@H](O)CCN)C(OC5OC(CO)C(O)C(N)C5O)C2O)C(O)C(O)C1O)[C@@H]4C)c(C)c3C. The van der Waals surface area contributed by atoms with Gasteiger partial charge in [-0.2, -0.15) is 0 Å². The number of hydrogen-bond acceptors (Lipinski definition) is 21. The number of rotatable bonds is 18. The Balaban J connectivity index is 1.05. The van der Waals surface area contributed by atoms with Crippen molar-refractivity contribution >= 4 is 57.0 Å². The second-order valence-electron chi connectivity index (χ2n) is 22.0. The smallest absolute Gasteiger partial charge is 0.338 e. The molecule has 8 bridgehead atoms. The number of ether oxygens (including phenoxy) is 4. The third-order valence-electron chi connectivity index (χ3n) is 16.8. The van der Waals surface area contributed by atoms with Crippen molar-refractivity contribution in [2.24, 2.45) is 17.2 Å². The number of aliphatic hydroxyl groups excluding tert-OH is 8. The van der Waals surface area contributed by atoms with E-state index in [1.807, 2.05) is 46.8 Å². The number of nitrogens with zero attached hydrogens (tertiary/aromatic N) is 2. The molecule has 15 unspecified atom stereocenters. The van der Waals surface area contributed by atoms with E-state index in [9.17, 15) is 70.2 Å². The highest BCUT2D eigenvalue weighted by Crippen LogP contribution is 2.44. The normalized spacial score (nSPS) is 31.6. The maximum Gasteiger partial charge on any atom is 0.338 e. The first-order valence-electron chi connectivity index (χ1n) is 27.5. The minimum Gasteiger partial charge on any atom is -0.481 e. The van der Waals surface area contributed by atoms with Crippen LogP contribution >= 0.6 is 0 Å². The molecule has 3 fully saturated rings. The first kappa shape index (κ1) is 62.2. The van der Waals surface area contributed by atoms with Crippen molar-refractivity contribution in [1.82, 2.24) is 30.6 Å². The van der Waals surface area contributed by atoms with E-state index in [1.54, 1.807) is 13.0 Å². The largest absolute Gasteiger partial charge is 0.481 e. The summed E-state index contributed by atoms with van der Waals surface area (Å²) in [6, 6.07) is 1.79. The molecule has 450 valence electrons. The first-order chi connectivity index (χ1) is 38.8. The van der Waals surface area contributed by atoms with Gasteiger partial charge in [-0.05, 0) is 106 Å². The first-order valence-corrected chi connectivity index (χ1v) is 27.5. The molecular formula is C55H77N9O18. The summed E-state index contributed by atoms with van der Waals surface area (Å²) in [5.41, 5.74) is 26.3. The van der Waals surface area contributed by atoms with Gasteiger partial charge < -0.3 is 108 Å². The summed E-state index contributed by atoms with van der Waals surface area (Å²) in [6.07, 6.45) is -22.7. The minimum atomic E-state index is -1.98. The van der Waals surface area contributed by atoms with Crippen LogP contribution in [0.25, 0.3) is 33.2 Å². The van der Waals surface area contributed by atoms with E-state index in [1.165, 1.54) is 0 Å². The Morgan fingerprint density at radius 1 is 0.793 bits per heavy atom. The van der Waals surface area contributed by atoms with E-state index in [0.29, 0.717) is 28.9 Å². The molecular weight excluding hydrogens is 1070 g/mol. The molecule has 8 rings (SSSR count). The Morgan fingerprint density at radius 2 is 1.43 bits per heavy atom. The Labute approximate surface area is 470 Å². The summed E-state index contributed by atoms with van der Waals surface area (Å²) in [5, 5.41) is 113. The third kappa shape index (κ3) is 12.4. The summed E-state index contributed by atoms with van der Waals surface area (Å²) >= 11 is 0. The fraction of sp³-hybridized carbons (Fsp3) is 0.600. The molecule has 1 aliphatic carbocycles. The van der Waals surface area contributed by atoms with Gasteiger partial charge in [-0.25, -0.2) is 9.78 Å². The number of aryl methyl sites for hydroxylation is 4. The lowest BCUT2D eigenvalue weighted by atomic mass is 9.83. The summed E-state index contributed by atoms with van der Waals surface area (Å²) in [5.74, 6) is -5.24. The highest BCUT2D eigenvalue weighted by molar-refractivity contribution is 6.24. The van der Waals surface area contributed by atoms with Gasteiger partial charge in [0.15, 0.2) is 12.6 Å². The van der Waals surface area contributed by atoms with Gasteiger partial charge in [-0.3, -0.25) is 19.4 Å². The summed E-state index contributed by atoms with van der Waals surface area (Å²) in [4.78, 5) is 69.9. The van der Waals surface area contributed by atoms with E-state index in [2.05, 4.69) is 20.6 Å². The Bertz CT molecular complexity index is 3090. The predicted octanol–water partition coefficient (Wildman–Crippen LogP) is -2.14. The Hall–Kier alpha value is -5.86. The zero-order valence-electron chi connectivity index (χ0n) is 46.4. The van der Waals surface area contributed by atoms with Crippen molar-refractivity contribution in [3.05, 3.63) is 68.8 Å². The van der Waals surface area contributed by atoms with Crippen LogP contribution in [-0.4, -0.2) is 212 Å². The molecule has 1 saturated carbocycles.